The lowest BCUT2D eigenvalue weighted by molar-refractivity contribution is -0.123. The Bertz CT molecular complexity index is 1200. The van der Waals surface area contributed by atoms with E-state index in [9.17, 15) is 9.59 Å². The van der Waals surface area contributed by atoms with Gasteiger partial charge in [-0.2, -0.15) is 0 Å². The van der Waals surface area contributed by atoms with Crippen LogP contribution in [0.15, 0.2) is 66.9 Å². The van der Waals surface area contributed by atoms with Crippen LogP contribution < -0.4 is 5.32 Å². The molecule has 0 aliphatic carbocycles. The monoisotopic (exact) mass is 400 g/mol. The number of rotatable bonds is 5. The Balaban J connectivity index is 1.54. The van der Waals surface area contributed by atoms with Gasteiger partial charge in [-0.05, 0) is 43.7 Å². The molecule has 0 bridgehead atoms. The number of carbonyl (C=O) groups excluding carboxylic acids is 2. The molecule has 0 radical (unpaired) electrons. The zero-order valence-electron chi connectivity index (χ0n) is 16.5. The van der Waals surface area contributed by atoms with E-state index in [1.54, 1.807) is 30.5 Å². The number of benzene rings is 2. The molecule has 0 fully saturated rings. The van der Waals surface area contributed by atoms with E-state index in [2.05, 4.69) is 20.3 Å². The molecule has 2 aromatic carbocycles. The van der Waals surface area contributed by atoms with Crippen molar-refractivity contribution in [2.24, 2.45) is 0 Å². The summed E-state index contributed by atoms with van der Waals surface area (Å²) >= 11 is 0. The van der Waals surface area contributed by atoms with E-state index >= 15 is 0 Å². The van der Waals surface area contributed by atoms with Crippen molar-refractivity contribution in [3.8, 4) is 11.4 Å². The maximum Gasteiger partial charge on any atom is 0.339 e. The number of imidazole rings is 1. The highest BCUT2D eigenvalue weighted by atomic mass is 16.5. The van der Waals surface area contributed by atoms with Gasteiger partial charge in [-0.3, -0.25) is 4.79 Å². The number of amides is 1. The van der Waals surface area contributed by atoms with Gasteiger partial charge in [-0.25, -0.2) is 14.8 Å². The Morgan fingerprint density at radius 1 is 1.03 bits per heavy atom. The van der Waals surface area contributed by atoms with Crippen molar-refractivity contribution in [2.45, 2.75) is 20.0 Å². The van der Waals surface area contributed by atoms with E-state index in [4.69, 9.17) is 4.74 Å². The predicted octanol–water partition coefficient (Wildman–Crippen LogP) is 4.12. The number of hydrogen-bond donors (Lipinski definition) is 2. The van der Waals surface area contributed by atoms with Crippen LogP contribution in [0.5, 0.6) is 0 Å². The van der Waals surface area contributed by atoms with Crippen LogP contribution in [0.4, 0.5) is 5.82 Å². The first-order valence-electron chi connectivity index (χ1n) is 9.50. The average molecular weight is 400 g/mol. The largest absolute Gasteiger partial charge is 0.449 e. The summed E-state index contributed by atoms with van der Waals surface area (Å²) in [5, 5.41) is 2.69. The Kier molecular flexibility index (Phi) is 5.26. The zero-order valence-corrected chi connectivity index (χ0v) is 16.5. The molecule has 0 saturated heterocycles. The summed E-state index contributed by atoms with van der Waals surface area (Å²) in [5.41, 5.74) is 3.42. The molecule has 4 aromatic rings. The van der Waals surface area contributed by atoms with Crippen LogP contribution in [0.2, 0.25) is 0 Å². The lowest BCUT2D eigenvalue weighted by Gasteiger charge is -2.15. The smallest absolute Gasteiger partial charge is 0.339 e. The van der Waals surface area contributed by atoms with E-state index in [-0.39, 0.29) is 0 Å². The molecule has 1 atom stereocenters. The standard InChI is InChI=1S/C23H20N4O3/c1-14-8-7-13-24-20(14)27-22(28)15(2)30-23(29)17-10-4-3-9-16(17)21-25-18-11-5-6-12-19(18)26-21/h3-13,15H,1-2H3,(H,25,26)(H,24,27,28). The number of nitrogens with one attached hydrogen (secondary N) is 2. The highest BCUT2D eigenvalue weighted by molar-refractivity contribution is 6.00. The van der Waals surface area contributed by atoms with E-state index in [0.717, 1.165) is 16.6 Å². The third kappa shape index (κ3) is 3.91. The fourth-order valence-corrected chi connectivity index (χ4v) is 3.06. The number of aromatic amines is 1. The van der Waals surface area contributed by atoms with E-state index in [1.807, 2.05) is 43.3 Å². The second-order valence-corrected chi connectivity index (χ2v) is 6.85. The highest BCUT2D eigenvalue weighted by Crippen LogP contribution is 2.25. The number of anilines is 1. The molecule has 0 aliphatic rings. The van der Waals surface area contributed by atoms with Crippen molar-refractivity contribution < 1.29 is 14.3 Å². The van der Waals surface area contributed by atoms with Gasteiger partial charge in [-0.1, -0.05) is 36.4 Å². The minimum Gasteiger partial charge on any atom is -0.449 e. The molecule has 0 spiro atoms. The molecular formula is C23H20N4O3. The van der Waals surface area contributed by atoms with Crippen LogP contribution in [0.25, 0.3) is 22.4 Å². The van der Waals surface area contributed by atoms with Crippen molar-refractivity contribution in [1.29, 1.82) is 0 Å². The first-order valence-corrected chi connectivity index (χ1v) is 9.50. The summed E-state index contributed by atoms with van der Waals surface area (Å²) in [6.07, 6.45) is 0.589. The Labute approximate surface area is 173 Å². The summed E-state index contributed by atoms with van der Waals surface area (Å²) in [7, 11) is 0. The topological polar surface area (TPSA) is 97.0 Å². The van der Waals surface area contributed by atoms with Crippen LogP contribution in [0, 0.1) is 6.92 Å². The lowest BCUT2D eigenvalue weighted by Crippen LogP contribution is -2.30. The first kappa shape index (κ1) is 19.3. The lowest BCUT2D eigenvalue weighted by atomic mass is 10.1. The van der Waals surface area contributed by atoms with Crippen molar-refractivity contribution in [3.05, 3.63) is 78.0 Å². The number of fused-ring (bicyclic) bond motifs is 1. The summed E-state index contributed by atoms with van der Waals surface area (Å²) in [5.74, 6) is -0.0594. The average Bonchev–Trinajstić information content (AvgIpc) is 3.19. The fraction of sp³-hybridized carbons (Fsp3) is 0.130. The maximum absolute atomic E-state index is 12.8. The number of nitrogens with zero attached hydrogens (tertiary/aromatic N) is 2. The van der Waals surface area contributed by atoms with Crippen LogP contribution in [-0.2, 0) is 9.53 Å². The molecule has 30 heavy (non-hydrogen) atoms. The normalized spacial score (nSPS) is 11.8. The molecule has 2 heterocycles. The second kappa shape index (κ2) is 8.16. The summed E-state index contributed by atoms with van der Waals surface area (Å²) in [6, 6.07) is 18.2. The molecule has 0 saturated carbocycles. The van der Waals surface area contributed by atoms with Gasteiger partial charge in [-0.15, -0.1) is 0 Å². The zero-order chi connectivity index (χ0) is 21.1. The number of aryl methyl sites for hydroxylation is 1. The van der Waals surface area contributed by atoms with Crippen LogP contribution in [-0.4, -0.2) is 32.9 Å². The van der Waals surface area contributed by atoms with Gasteiger partial charge in [0.2, 0.25) is 0 Å². The number of ether oxygens (including phenoxy) is 1. The van der Waals surface area contributed by atoms with Crippen molar-refractivity contribution in [3.63, 3.8) is 0 Å². The Morgan fingerprint density at radius 2 is 1.80 bits per heavy atom. The van der Waals surface area contributed by atoms with Crippen molar-refractivity contribution >= 4 is 28.7 Å². The minimum atomic E-state index is -0.998. The quantitative estimate of drug-likeness (QED) is 0.491. The molecule has 2 aromatic heterocycles. The molecule has 4 rings (SSSR count). The van der Waals surface area contributed by atoms with E-state index in [0.29, 0.717) is 22.8 Å². The van der Waals surface area contributed by atoms with E-state index < -0.39 is 18.0 Å². The molecular weight excluding hydrogens is 380 g/mol. The van der Waals surface area contributed by atoms with Gasteiger partial charge >= 0.3 is 5.97 Å². The minimum absolute atomic E-state index is 0.324. The number of aromatic nitrogens is 3. The molecule has 1 unspecified atom stereocenters. The number of esters is 1. The molecule has 0 aliphatic heterocycles. The summed E-state index contributed by atoms with van der Waals surface area (Å²) < 4.78 is 5.43. The SMILES string of the molecule is Cc1cccnc1NC(=O)C(C)OC(=O)c1ccccc1-c1nc2ccccc2[nH]1. The maximum atomic E-state index is 12.8. The molecule has 7 heteroatoms. The Morgan fingerprint density at radius 3 is 2.60 bits per heavy atom. The Hall–Kier alpha value is -4.00. The molecule has 7 nitrogen and oxygen atoms in total. The summed E-state index contributed by atoms with van der Waals surface area (Å²) in [6.45, 7) is 3.36. The van der Waals surface area contributed by atoms with Crippen LogP contribution in [0.1, 0.15) is 22.8 Å². The van der Waals surface area contributed by atoms with E-state index in [1.165, 1.54) is 6.92 Å². The van der Waals surface area contributed by atoms with Gasteiger partial charge in [0.15, 0.2) is 6.10 Å². The number of H-pyrrole nitrogens is 1. The second-order valence-electron chi connectivity index (χ2n) is 6.85. The fourth-order valence-electron chi connectivity index (χ4n) is 3.06. The number of hydrogen-bond acceptors (Lipinski definition) is 5. The van der Waals surface area contributed by atoms with Crippen LogP contribution in [0.3, 0.4) is 0 Å². The van der Waals surface area contributed by atoms with Crippen molar-refractivity contribution in [2.75, 3.05) is 5.32 Å². The van der Waals surface area contributed by atoms with Gasteiger partial charge < -0.3 is 15.0 Å². The van der Waals surface area contributed by atoms with Gasteiger partial charge in [0, 0.05) is 11.8 Å². The first-order chi connectivity index (χ1) is 14.5. The third-order valence-corrected chi connectivity index (χ3v) is 4.70. The van der Waals surface area contributed by atoms with Gasteiger partial charge in [0.1, 0.15) is 11.6 Å². The third-order valence-electron chi connectivity index (χ3n) is 4.70. The molecule has 1 amide bonds. The highest BCUT2D eigenvalue weighted by Gasteiger charge is 2.22. The van der Waals surface area contributed by atoms with Gasteiger partial charge in [0.05, 0.1) is 16.6 Å². The number of para-hydroxylation sites is 2. The summed E-state index contributed by atoms with van der Waals surface area (Å²) in [4.78, 5) is 37.2. The van der Waals surface area contributed by atoms with Crippen LogP contribution >= 0.6 is 0 Å². The number of carbonyl (C=O) groups is 2. The predicted molar refractivity (Wildman–Crippen MR) is 114 cm³/mol. The molecule has 150 valence electrons. The number of pyridine rings is 1. The van der Waals surface area contributed by atoms with Crippen molar-refractivity contribution in [1.82, 2.24) is 15.0 Å². The van der Waals surface area contributed by atoms with Gasteiger partial charge in [0.25, 0.3) is 5.91 Å². The molecule has 2 N–H and O–H groups in total.